The van der Waals surface area contributed by atoms with Crippen molar-refractivity contribution >= 4 is 23.2 Å². The number of aromatic nitrogens is 2. The molecule has 0 spiro atoms. The molecule has 0 saturated carbocycles. The maximum atomic E-state index is 12.9. The van der Waals surface area contributed by atoms with Crippen LogP contribution in [0.25, 0.3) is 17.0 Å². The number of amides is 2. The van der Waals surface area contributed by atoms with Crippen molar-refractivity contribution in [2.75, 3.05) is 27.4 Å². The van der Waals surface area contributed by atoms with Gasteiger partial charge >= 0.3 is 6.03 Å². The number of nitrogens with one attached hydrogen (secondary N) is 1. The van der Waals surface area contributed by atoms with E-state index >= 15 is 0 Å². The van der Waals surface area contributed by atoms with Crippen molar-refractivity contribution in [1.82, 2.24) is 20.4 Å². The highest BCUT2D eigenvalue weighted by Gasteiger charge is 2.35. The van der Waals surface area contributed by atoms with Gasteiger partial charge in [0.15, 0.2) is 0 Å². The van der Waals surface area contributed by atoms with Crippen LogP contribution < -0.4 is 10.1 Å². The Bertz CT molecular complexity index is 1140. The number of hydrogen-bond acceptors (Lipinski definition) is 6. The number of nitrogens with zero attached hydrogens (tertiary/aromatic N) is 3. The molecule has 0 radical (unpaired) electrons. The van der Waals surface area contributed by atoms with E-state index in [2.05, 4.69) is 15.5 Å². The second-order valence-electron chi connectivity index (χ2n) is 7.23. The summed E-state index contributed by atoms with van der Waals surface area (Å²) in [6, 6.07) is 14.0. The van der Waals surface area contributed by atoms with E-state index in [0.29, 0.717) is 46.9 Å². The first-order chi connectivity index (χ1) is 15.5. The summed E-state index contributed by atoms with van der Waals surface area (Å²) in [7, 11) is 3.20. The number of halogens is 1. The van der Waals surface area contributed by atoms with E-state index in [1.807, 2.05) is 43.3 Å². The predicted octanol–water partition coefficient (Wildman–Crippen LogP) is 4.54. The number of urea groups is 1. The summed E-state index contributed by atoms with van der Waals surface area (Å²) in [5.41, 5.74) is 3.04. The van der Waals surface area contributed by atoms with Gasteiger partial charge in [-0.15, -0.1) is 0 Å². The Balaban J connectivity index is 1.80. The normalized spacial score (nSPS) is 16.3. The molecule has 2 aromatic carbocycles. The van der Waals surface area contributed by atoms with Crippen LogP contribution in [0, 0.1) is 0 Å². The summed E-state index contributed by atoms with van der Waals surface area (Å²) in [5.74, 6) is 1.44. The molecule has 1 aliphatic heterocycles. The fourth-order valence-electron chi connectivity index (χ4n) is 3.63. The van der Waals surface area contributed by atoms with Crippen LogP contribution in [-0.2, 0) is 4.74 Å². The summed E-state index contributed by atoms with van der Waals surface area (Å²) >= 11 is 5.99. The van der Waals surface area contributed by atoms with Gasteiger partial charge in [0, 0.05) is 23.4 Å². The number of allylic oxidation sites excluding steroid dienone is 1. The van der Waals surface area contributed by atoms with Crippen molar-refractivity contribution in [2.45, 2.75) is 13.0 Å². The highest BCUT2D eigenvalue weighted by Crippen LogP contribution is 2.38. The minimum Gasteiger partial charge on any atom is -0.497 e. The zero-order valence-electron chi connectivity index (χ0n) is 18.0. The fourth-order valence-corrected chi connectivity index (χ4v) is 3.76. The molecule has 4 rings (SSSR count). The van der Waals surface area contributed by atoms with Crippen LogP contribution in [0.15, 0.2) is 58.8 Å². The van der Waals surface area contributed by atoms with Gasteiger partial charge in [-0.2, -0.15) is 4.98 Å². The quantitative estimate of drug-likeness (QED) is 0.563. The number of methoxy groups -OCH3 is 2. The predicted molar refractivity (Wildman–Crippen MR) is 120 cm³/mol. The number of hydrogen-bond donors (Lipinski definition) is 1. The molecule has 1 unspecified atom stereocenters. The van der Waals surface area contributed by atoms with Crippen LogP contribution in [0.2, 0.25) is 5.02 Å². The maximum Gasteiger partial charge on any atom is 0.322 e. The molecule has 0 fully saturated rings. The SMILES string of the molecule is COCCN1C(=O)NC(c2cccc(OC)c2)C(c2nc(-c3ccc(Cl)cc3)no2)=C1C. The molecule has 8 nitrogen and oxygen atoms in total. The van der Waals surface area contributed by atoms with Gasteiger partial charge in [0.2, 0.25) is 5.82 Å². The highest BCUT2D eigenvalue weighted by atomic mass is 35.5. The topological polar surface area (TPSA) is 89.7 Å². The van der Waals surface area contributed by atoms with E-state index in [4.69, 9.17) is 25.6 Å². The van der Waals surface area contributed by atoms with Crippen LogP contribution in [0.4, 0.5) is 4.79 Å². The third-order valence-electron chi connectivity index (χ3n) is 5.30. The van der Waals surface area contributed by atoms with E-state index < -0.39 is 6.04 Å². The maximum absolute atomic E-state index is 12.9. The summed E-state index contributed by atoms with van der Waals surface area (Å²) in [5, 5.41) is 7.82. The fraction of sp³-hybridized carbons (Fsp3) is 0.261. The average Bonchev–Trinajstić information content (AvgIpc) is 3.28. The van der Waals surface area contributed by atoms with Crippen LogP contribution in [0.1, 0.15) is 24.4 Å². The zero-order chi connectivity index (χ0) is 22.7. The molecule has 0 saturated heterocycles. The van der Waals surface area contributed by atoms with Gasteiger partial charge in [0.1, 0.15) is 5.75 Å². The second kappa shape index (κ2) is 9.42. The van der Waals surface area contributed by atoms with E-state index in [9.17, 15) is 4.79 Å². The smallest absolute Gasteiger partial charge is 0.322 e. The number of carbonyl (C=O) groups is 1. The molecular formula is C23H23ClN4O4. The zero-order valence-corrected chi connectivity index (χ0v) is 18.7. The van der Waals surface area contributed by atoms with Gasteiger partial charge in [-0.05, 0) is 48.9 Å². The first-order valence-corrected chi connectivity index (χ1v) is 10.4. The lowest BCUT2D eigenvalue weighted by Gasteiger charge is -2.35. The van der Waals surface area contributed by atoms with Gasteiger partial charge in [-0.3, -0.25) is 4.90 Å². The van der Waals surface area contributed by atoms with Crippen molar-refractivity contribution in [2.24, 2.45) is 0 Å². The van der Waals surface area contributed by atoms with Crippen molar-refractivity contribution in [3.05, 3.63) is 70.7 Å². The molecule has 9 heteroatoms. The van der Waals surface area contributed by atoms with Crippen LogP contribution in [0.3, 0.4) is 0 Å². The first kappa shape index (κ1) is 21.9. The van der Waals surface area contributed by atoms with Gasteiger partial charge in [0.25, 0.3) is 5.89 Å². The third-order valence-corrected chi connectivity index (χ3v) is 5.55. The Morgan fingerprint density at radius 3 is 2.69 bits per heavy atom. The lowest BCUT2D eigenvalue weighted by molar-refractivity contribution is 0.158. The molecule has 2 heterocycles. The number of rotatable bonds is 7. The Morgan fingerprint density at radius 1 is 1.19 bits per heavy atom. The molecule has 0 aliphatic carbocycles. The lowest BCUT2D eigenvalue weighted by atomic mass is 9.94. The molecule has 1 aliphatic rings. The first-order valence-electron chi connectivity index (χ1n) is 10.0. The summed E-state index contributed by atoms with van der Waals surface area (Å²) in [4.78, 5) is 19.1. The van der Waals surface area contributed by atoms with Crippen molar-refractivity contribution in [3.63, 3.8) is 0 Å². The largest absolute Gasteiger partial charge is 0.497 e. The van der Waals surface area contributed by atoms with Crippen molar-refractivity contribution in [1.29, 1.82) is 0 Å². The number of ether oxygens (including phenoxy) is 2. The Labute approximate surface area is 190 Å². The summed E-state index contributed by atoms with van der Waals surface area (Å²) < 4.78 is 16.2. The van der Waals surface area contributed by atoms with E-state index in [1.165, 1.54) is 0 Å². The molecular weight excluding hydrogens is 432 g/mol. The minimum atomic E-state index is -0.491. The molecule has 32 heavy (non-hydrogen) atoms. The molecule has 1 atom stereocenters. The van der Waals surface area contributed by atoms with Crippen LogP contribution >= 0.6 is 11.6 Å². The number of carbonyl (C=O) groups excluding carboxylic acids is 1. The van der Waals surface area contributed by atoms with Crippen molar-refractivity contribution < 1.29 is 18.8 Å². The monoisotopic (exact) mass is 454 g/mol. The van der Waals surface area contributed by atoms with Gasteiger partial charge in [-0.1, -0.05) is 28.9 Å². The van der Waals surface area contributed by atoms with E-state index in [-0.39, 0.29) is 6.03 Å². The molecule has 1 aromatic heterocycles. The average molecular weight is 455 g/mol. The van der Waals surface area contributed by atoms with E-state index in [0.717, 1.165) is 11.1 Å². The Kier molecular flexibility index (Phi) is 6.43. The van der Waals surface area contributed by atoms with Crippen LogP contribution in [0.5, 0.6) is 5.75 Å². The van der Waals surface area contributed by atoms with Gasteiger partial charge < -0.3 is 19.3 Å². The third kappa shape index (κ3) is 4.32. The molecule has 1 N–H and O–H groups in total. The van der Waals surface area contributed by atoms with Gasteiger partial charge in [-0.25, -0.2) is 4.79 Å². The Hall–Kier alpha value is -3.36. The molecule has 166 valence electrons. The summed E-state index contributed by atoms with van der Waals surface area (Å²) in [6.07, 6.45) is 0. The highest BCUT2D eigenvalue weighted by molar-refractivity contribution is 6.30. The second-order valence-corrected chi connectivity index (χ2v) is 7.67. The van der Waals surface area contributed by atoms with Crippen LogP contribution in [-0.4, -0.2) is 48.4 Å². The lowest BCUT2D eigenvalue weighted by Crippen LogP contribution is -2.47. The van der Waals surface area contributed by atoms with E-state index in [1.54, 1.807) is 31.3 Å². The molecule has 2 amide bonds. The molecule has 3 aromatic rings. The summed E-state index contributed by atoms with van der Waals surface area (Å²) in [6.45, 7) is 2.64. The standard InChI is InChI=1S/C23H23ClN4O4/c1-14-19(22-26-21(27-32-22)15-7-9-17(24)10-8-15)20(16-5-4-6-18(13-16)31-3)25-23(29)28(14)11-12-30-2/h4-10,13,20H,11-12H2,1-3H3,(H,25,29). The Morgan fingerprint density at radius 2 is 1.97 bits per heavy atom. The minimum absolute atomic E-state index is 0.228. The van der Waals surface area contributed by atoms with Gasteiger partial charge in [0.05, 0.1) is 31.9 Å². The molecule has 0 bridgehead atoms. The number of benzene rings is 2. The van der Waals surface area contributed by atoms with Crippen molar-refractivity contribution in [3.8, 4) is 17.1 Å².